The van der Waals surface area contributed by atoms with Crippen LogP contribution in [0.2, 0.25) is 0 Å². The number of benzene rings is 1. The molecule has 2 nitrogen and oxygen atoms in total. The summed E-state index contributed by atoms with van der Waals surface area (Å²) >= 11 is 0. The van der Waals surface area contributed by atoms with E-state index in [0.717, 1.165) is 19.6 Å². The van der Waals surface area contributed by atoms with Gasteiger partial charge in [-0.05, 0) is 50.7 Å². The highest BCUT2D eigenvalue weighted by molar-refractivity contribution is 5.15. The Bertz CT molecular complexity index is 317. The number of rotatable bonds is 3. The second kappa shape index (κ2) is 5.41. The van der Waals surface area contributed by atoms with Gasteiger partial charge in [-0.15, -0.1) is 0 Å². The summed E-state index contributed by atoms with van der Waals surface area (Å²) in [6.45, 7) is 3.13. The molecule has 1 N–H and O–H groups in total. The third-order valence-corrected chi connectivity index (χ3v) is 3.28. The third-order valence-electron chi connectivity index (χ3n) is 3.28. The molecule has 0 unspecified atom stereocenters. The van der Waals surface area contributed by atoms with E-state index >= 15 is 0 Å². The standard InChI is InChI=1S/C13H19FN2/c1-16(13-6-8-15-9-7-13)10-11-2-4-12(14)5-3-11/h2-5,13,15H,6-10H2,1H3. The lowest BCUT2D eigenvalue weighted by molar-refractivity contribution is 0.192. The van der Waals surface area contributed by atoms with Crippen LogP contribution in [0.5, 0.6) is 0 Å². The zero-order chi connectivity index (χ0) is 11.4. The summed E-state index contributed by atoms with van der Waals surface area (Å²) in [6, 6.07) is 7.46. The maximum atomic E-state index is 12.8. The van der Waals surface area contributed by atoms with E-state index < -0.39 is 0 Å². The zero-order valence-electron chi connectivity index (χ0n) is 9.75. The summed E-state index contributed by atoms with van der Waals surface area (Å²) in [5, 5.41) is 3.36. The molecule has 1 saturated heterocycles. The van der Waals surface area contributed by atoms with Gasteiger partial charge in [0.1, 0.15) is 5.82 Å². The fourth-order valence-corrected chi connectivity index (χ4v) is 2.25. The van der Waals surface area contributed by atoms with Gasteiger partial charge in [-0.1, -0.05) is 12.1 Å². The molecule has 1 aliphatic rings. The molecular weight excluding hydrogens is 203 g/mol. The van der Waals surface area contributed by atoms with Crippen molar-refractivity contribution in [2.75, 3.05) is 20.1 Å². The molecule has 16 heavy (non-hydrogen) atoms. The number of nitrogens with zero attached hydrogens (tertiary/aromatic N) is 1. The number of hydrogen-bond acceptors (Lipinski definition) is 2. The Kier molecular flexibility index (Phi) is 3.91. The summed E-state index contributed by atoms with van der Waals surface area (Å²) in [6.07, 6.45) is 2.41. The maximum absolute atomic E-state index is 12.8. The van der Waals surface area contributed by atoms with E-state index in [1.54, 1.807) is 0 Å². The van der Waals surface area contributed by atoms with Gasteiger partial charge in [0.25, 0.3) is 0 Å². The Labute approximate surface area is 96.5 Å². The molecule has 0 radical (unpaired) electrons. The second-order valence-electron chi connectivity index (χ2n) is 4.52. The van der Waals surface area contributed by atoms with Gasteiger partial charge in [0.15, 0.2) is 0 Å². The van der Waals surface area contributed by atoms with Crippen molar-refractivity contribution in [2.24, 2.45) is 0 Å². The quantitative estimate of drug-likeness (QED) is 0.841. The SMILES string of the molecule is CN(Cc1ccc(F)cc1)C1CCNCC1. The van der Waals surface area contributed by atoms with Crippen LogP contribution in [0, 0.1) is 5.82 Å². The average molecular weight is 222 g/mol. The topological polar surface area (TPSA) is 15.3 Å². The highest BCUT2D eigenvalue weighted by Gasteiger charge is 2.17. The molecule has 0 amide bonds. The number of halogens is 1. The van der Waals surface area contributed by atoms with Gasteiger partial charge in [-0.25, -0.2) is 4.39 Å². The molecule has 88 valence electrons. The Morgan fingerprint density at radius 2 is 1.88 bits per heavy atom. The van der Waals surface area contributed by atoms with E-state index in [1.165, 1.54) is 30.5 Å². The van der Waals surface area contributed by atoms with Crippen molar-refractivity contribution in [1.29, 1.82) is 0 Å². The minimum absolute atomic E-state index is 0.159. The Morgan fingerprint density at radius 1 is 1.25 bits per heavy atom. The second-order valence-corrected chi connectivity index (χ2v) is 4.52. The minimum atomic E-state index is -0.159. The predicted molar refractivity (Wildman–Crippen MR) is 63.8 cm³/mol. The number of hydrogen-bond donors (Lipinski definition) is 1. The van der Waals surface area contributed by atoms with Gasteiger partial charge >= 0.3 is 0 Å². The van der Waals surface area contributed by atoms with Crippen LogP contribution in [0.3, 0.4) is 0 Å². The van der Waals surface area contributed by atoms with Crippen molar-refractivity contribution in [2.45, 2.75) is 25.4 Å². The Balaban J connectivity index is 1.90. The van der Waals surface area contributed by atoms with E-state index in [9.17, 15) is 4.39 Å². The summed E-state index contributed by atoms with van der Waals surface area (Å²) in [5.74, 6) is -0.159. The maximum Gasteiger partial charge on any atom is 0.123 e. The van der Waals surface area contributed by atoms with Crippen LogP contribution in [-0.4, -0.2) is 31.1 Å². The first-order chi connectivity index (χ1) is 7.75. The Hall–Kier alpha value is -0.930. The largest absolute Gasteiger partial charge is 0.317 e. The van der Waals surface area contributed by atoms with E-state index in [2.05, 4.69) is 17.3 Å². The van der Waals surface area contributed by atoms with E-state index in [0.29, 0.717) is 6.04 Å². The summed E-state index contributed by atoms with van der Waals surface area (Å²) in [4.78, 5) is 2.37. The molecule has 1 aromatic carbocycles. The van der Waals surface area contributed by atoms with Crippen LogP contribution in [0.25, 0.3) is 0 Å². The normalized spacial score (nSPS) is 17.9. The third kappa shape index (κ3) is 3.03. The lowest BCUT2D eigenvalue weighted by Crippen LogP contribution is -2.40. The van der Waals surface area contributed by atoms with Crippen molar-refractivity contribution < 1.29 is 4.39 Å². The van der Waals surface area contributed by atoms with Crippen LogP contribution < -0.4 is 5.32 Å². The summed E-state index contributed by atoms with van der Waals surface area (Å²) < 4.78 is 12.8. The van der Waals surface area contributed by atoms with Crippen LogP contribution in [0.15, 0.2) is 24.3 Å². The molecule has 1 heterocycles. The highest BCUT2D eigenvalue weighted by atomic mass is 19.1. The average Bonchev–Trinajstić information content (AvgIpc) is 2.33. The van der Waals surface area contributed by atoms with Crippen molar-refractivity contribution >= 4 is 0 Å². The van der Waals surface area contributed by atoms with Gasteiger partial charge in [0.2, 0.25) is 0 Å². The first-order valence-electron chi connectivity index (χ1n) is 5.91. The molecule has 3 heteroatoms. The zero-order valence-corrected chi connectivity index (χ0v) is 9.75. The van der Waals surface area contributed by atoms with Crippen molar-refractivity contribution in [1.82, 2.24) is 10.2 Å². The molecule has 0 spiro atoms. The minimum Gasteiger partial charge on any atom is -0.317 e. The van der Waals surface area contributed by atoms with Gasteiger partial charge in [-0.2, -0.15) is 0 Å². The van der Waals surface area contributed by atoms with Gasteiger partial charge in [-0.3, -0.25) is 4.90 Å². The molecule has 1 aliphatic heterocycles. The molecule has 0 aromatic heterocycles. The molecular formula is C13H19FN2. The number of piperidine rings is 1. The van der Waals surface area contributed by atoms with E-state index in [-0.39, 0.29) is 5.82 Å². The van der Waals surface area contributed by atoms with Gasteiger partial charge in [0.05, 0.1) is 0 Å². The van der Waals surface area contributed by atoms with Crippen LogP contribution in [0.4, 0.5) is 4.39 Å². The van der Waals surface area contributed by atoms with Crippen LogP contribution in [-0.2, 0) is 6.54 Å². The first kappa shape index (κ1) is 11.6. The lowest BCUT2D eigenvalue weighted by atomic mass is 10.0. The number of nitrogens with one attached hydrogen (secondary N) is 1. The molecule has 0 saturated carbocycles. The van der Waals surface area contributed by atoms with Crippen molar-refractivity contribution in [3.05, 3.63) is 35.6 Å². The molecule has 0 atom stereocenters. The van der Waals surface area contributed by atoms with E-state index in [4.69, 9.17) is 0 Å². The fraction of sp³-hybridized carbons (Fsp3) is 0.538. The summed E-state index contributed by atoms with van der Waals surface area (Å²) in [7, 11) is 2.15. The Morgan fingerprint density at radius 3 is 2.50 bits per heavy atom. The van der Waals surface area contributed by atoms with Crippen molar-refractivity contribution in [3.63, 3.8) is 0 Å². The molecule has 0 aliphatic carbocycles. The van der Waals surface area contributed by atoms with Crippen LogP contribution in [0.1, 0.15) is 18.4 Å². The van der Waals surface area contributed by atoms with Gasteiger partial charge < -0.3 is 5.32 Å². The molecule has 0 bridgehead atoms. The lowest BCUT2D eigenvalue weighted by Gasteiger charge is -2.31. The molecule has 1 aromatic rings. The molecule has 1 fully saturated rings. The highest BCUT2D eigenvalue weighted by Crippen LogP contribution is 2.13. The smallest absolute Gasteiger partial charge is 0.123 e. The fourth-order valence-electron chi connectivity index (χ4n) is 2.25. The molecule has 2 rings (SSSR count). The predicted octanol–water partition coefficient (Wildman–Crippen LogP) is 2.01. The van der Waals surface area contributed by atoms with Gasteiger partial charge in [0, 0.05) is 12.6 Å². The first-order valence-corrected chi connectivity index (χ1v) is 5.91. The summed E-state index contributed by atoms with van der Waals surface area (Å²) in [5.41, 5.74) is 1.18. The van der Waals surface area contributed by atoms with E-state index in [1.807, 2.05) is 12.1 Å². The van der Waals surface area contributed by atoms with Crippen LogP contribution >= 0.6 is 0 Å². The monoisotopic (exact) mass is 222 g/mol. The van der Waals surface area contributed by atoms with Crippen molar-refractivity contribution in [3.8, 4) is 0 Å².